The number of carbonyl (C=O) groups excluding carboxylic acids is 1. The van der Waals surface area contributed by atoms with Crippen LogP contribution < -0.4 is 10.6 Å². The molecule has 0 saturated carbocycles. The van der Waals surface area contributed by atoms with E-state index < -0.39 is 0 Å². The van der Waals surface area contributed by atoms with Crippen molar-refractivity contribution in [2.45, 2.75) is 57.5 Å². The van der Waals surface area contributed by atoms with Gasteiger partial charge in [-0.15, -0.1) is 0 Å². The Morgan fingerprint density at radius 2 is 1.91 bits per heavy atom. The molecule has 3 rings (SSSR count). The summed E-state index contributed by atoms with van der Waals surface area (Å²) < 4.78 is 5.58. The molecule has 0 aliphatic carbocycles. The second-order valence-corrected chi connectivity index (χ2v) is 7.60. The van der Waals surface area contributed by atoms with Gasteiger partial charge in [0.1, 0.15) is 0 Å². The Balaban J connectivity index is 1.88. The van der Waals surface area contributed by atoms with Gasteiger partial charge in [0.15, 0.2) is 0 Å². The first-order chi connectivity index (χ1) is 10.6. The SMILES string of the molecule is CC(C)C[C@@]1(C2CCOCC2)CNC(=O)N1C1CCNCC1. The Hall–Kier alpha value is -0.810. The normalized spacial score (nSPS) is 31.8. The molecule has 0 bridgehead atoms. The topological polar surface area (TPSA) is 53.6 Å². The van der Waals surface area contributed by atoms with Crippen molar-refractivity contribution < 1.29 is 9.53 Å². The first-order valence-corrected chi connectivity index (χ1v) is 8.99. The molecule has 0 radical (unpaired) electrons. The van der Waals surface area contributed by atoms with E-state index in [0.29, 0.717) is 17.9 Å². The molecule has 0 spiro atoms. The lowest BCUT2D eigenvalue weighted by Crippen LogP contribution is -2.60. The molecule has 3 aliphatic rings. The summed E-state index contributed by atoms with van der Waals surface area (Å²) in [4.78, 5) is 14.9. The number of amides is 2. The molecule has 22 heavy (non-hydrogen) atoms. The molecular weight excluding hydrogens is 278 g/mol. The summed E-state index contributed by atoms with van der Waals surface area (Å²) in [6, 6.07) is 0.560. The second-order valence-electron chi connectivity index (χ2n) is 7.60. The van der Waals surface area contributed by atoms with Crippen LogP contribution >= 0.6 is 0 Å². The number of rotatable bonds is 4. The van der Waals surface area contributed by atoms with Crippen LogP contribution in [0.1, 0.15) is 46.0 Å². The van der Waals surface area contributed by atoms with Gasteiger partial charge >= 0.3 is 6.03 Å². The quantitative estimate of drug-likeness (QED) is 0.835. The van der Waals surface area contributed by atoms with Gasteiger partial charge in [0.25, 0.3) is 0 Å². The van der Waals surface area contributed by atoms with Crippen molar-refractivity contribution in [2.75, 3.05) is 32.8 Å². The fourth-order valence-corrected chi connectivity index (χ4v) is 4.82. The van der Waals surface area contributed by atoms with Gasteiger partial charge in [0.05, 0.1) is 5.54 Å². The minimum atomic E-state index is -0.00294. The molecule has 3 fully saturated rings. The fourth-order valence-electron chi connectivity index (χ4n) is 4.82. The third kappa shape index (κ3) is 2.98. The Labute approximate surface area is 134 Å². The van der Waals surface area contributed by atoms with Gasteiger partial charge in [0.2, 0.25) is 0 Å². The highest BCUT2D eigenvalue weighted by atomic mass is 16.5. The Morgan fingerprint density at radius 3 is 2.55 bits per heavy atom. The summed E-state index contributed by atoms with van der Waals surface area (Å²) in [7, 11) is 0. The zero-order chi connectivity index (χ0) is 15.6. The number of nitrogens with zero attached hydrogens (tertiary/aromatic N) is 1. The Bertz CT molecular complexity index is 389. The van der Waals surface area contributed by atoms with Crippen molar-refractivity contribution in [3.05, 3.63) is 0 Å². The van der Waals surface area contributed by atoms with E-state index in [9.17, 15) is 4.79 Å². The zero-order valence-electron chi connectivity index (χ0n) is 14.1. The van der Waals surface area contributed by atoms with Crippen LogP contribution in [0.15, 0.2) is 0 Å². The first kappa shape index (κ1) is 16.1. The molecule has 5 heteroatoms. The van der Waals surface area contributed by atoms with Gasteiger partial charge in [-0.1, -0.05) is 13.8 Å². The zero-order valence-corrected chi connectivity index (χ0v) is 14.1. The summed E-state index contributed by atoms with van der Waals surface area (Å²) in [5, 5.41) is 6.61. The molecule has 0 unspecified atom stereocenters. The van der Waals surface area contributed by atoms with Crippen LogP contribution in [-0.4, -0.2) is 55.4 Å². The number of carbonyl (C=O) groups is 1. The van der Waals surface area contributed by atoms with Crippen molar-refractivity contribution in [3.63, 3.8) is 0 Å². The lowest BCUT2D eigenvalue weighted by Gasteiger charge is -2.49. The van der Waals surface area contributed by atoms with Crippen molar-refractivity contribution in [1.82, 2.24) is 15.5 Å². The standard InChI is InChI=1S/C17H31N3O2/c1-13(2)11-17(14-5-9-22-10-6-14)12-19-16(21)20(17)15-3-7-18-8-4-15/h13-15,18H,3-12H2,1-2H3,(H,19,21)/t17-/m0/s1. The van der Waals surface area contributed by atoms with Gasteiger partial charge in [-0.2, -0.15) is 0 Å². The van der Waals surface area contributed by atoms with Crippen molar-refractivity contribution in [2.24, 2.45) is 11.8 Å². The molecule has 3 aliphatic heterocycles. The predicted molar refractivity (Wildman–Crippen MR) is 86.9 cm³/mol. The summed E-state index contributed by atoms with van der Waals surface area (Å²) in [5.41, 5.74) is -0.00294. The number of hydrogen-bond acceptors (Lipinski definition) is 3. The maximum Gasteiger partial charge on any atom is 0.318 e. The molecule has 5 nitrogen and oxygen atoms in total. The summed E-state index contributed by atoms with van der Waals surface area (Å²) in [6.45, 7) is 9.13. The van der Waals surface area contributed by atoms with Gasteiger partial charge < -0.3 is 20.3 Å². The maximum atomic E-state index is 12.7. The van der Waals surface area contributed by atoms with Gasteiger partial charge in [0, 0.05) is 25.8 Å². The van der Waals surface area contributed by atoms with E-state index >= 15 is 0 Å². The molecule has 1 atom stereocenters. The van der Waals surface area contributed by atoms with Crippen LogP contribution in [0.3, 0.4) is 0 Å². The van der Waals surface area contributed by atoms with Crippen LogP contribution in [0.25, 0.3) is 0 Å². The number of urea groups is 1. The van der Waals surface area contributed by atoms with E-state index in [2.05, 4.69) is 29.4 Å². The minimum absolute atomic E-state index is 0.00294. The van der Waals surface area contributed by atoms with Crippen LogP contribution in [0.4, 0.5) is 4.79 Å². The van der Waals surface area contributed by atoms with Crippen LogP contribution in [0.2, 0.25) is 0 Å². The van der Waals surface area contributed by atoms with E-state index in [4.69, 9.17) is 4.74 Å². The second kappa shape index (κ2) is 6.75. The predicted octanol–water partition coefficient (Wildman–Crippen LogP) is 1.98. The van der Waals surface area contributed by atoms with E-state index in [-0.39, 0.29) is 11.6 Å². The number of piperidine rings is 1. The Kier molecular flexibility index (Phi) is 4.93. The molecule has 0 aromatic rings. The lowest BCUT2D eigenvalue weighted by molar-refractivity contribution is -0.0216. The van der Waals surface area contributed by atoms with Crippen molar-refractivity contribution in [1.29, 1.82) is 0 Å². The van der Waals surface area contributed by atoms with Gasteiger partial charge in [-0.05, 0) is 57.0 Å². The van der Waals surface area contributed by atoms with E-state index in [1.807, 2.05) is 0 Å². The minimum Gasteiger partial charge on any atom is -0.381 e. The fraction of sp³-hybridized carbons (Fsp3) is 0.941. The first-order valence-electron chi connectivity index (χ1n) is 8.99. The molecule has 3 heterocycles. The molecule has 3 saturated heterocycles. The van der Waals surface area contributed by atoms with Crippen LogP contribution in [-0.2, 0) is 4.74 Å². The van der Waals surface area contributed by atoms with Gasteiger partial charge in [-0.3, -0.25) is 0 Å². The van der Waals surface area contributed by atoms with Gasteiger partial charge in [-0.25, -0.2) is 4.79 Å². The average Bonchev–Trinajstić information content (AvgIpc) is 2.86. The molecule has 0 aromatic heterocycles. The maximum absolute atomic E-state index is 12.7. The molecule has 2 amide bonds. The Morgan fingerprint density at radius 1 is 1.23 bits per heavy atom. The summed E-state index contributed by atoms with van der Waals surface area (Å²) >= 11 is 0. The van der Waals surface area contributed by atoms with Crippen LogP contribution in [0, 0.1) is 11.8 Å². The highest BCUT2D eigenvalue weighted by molar-refractivity contribution is 5.78. The largest absolute Gasteiger partial charge is 0.381 e. The number of nitrogens with one attached hydrogen (secondary N) is 2. The third-order valence-electron chi connectivity index (χ3n) is 5.66. The smallest absolute Gasteiger partial charge is 0.318 e. The van der Waals surface area contributed by atoms with E-state index in [0.717, 1.165) is 65.0 Å². The number of hydrogen-bond donors (Lipinski definition) is 2. The molecule has 2 N–H and O–H groups in total. The summed E-state index contributed by atoms with van der Waals surface area (Å²) in [6.07, 6.45) is 5.43. The highest BCUT2D eigenvalue weighted by Crippen LogP contribution is 2.42. The molecule has 0 aromatic carbocycles. The highest BCUT2D eigenvalue weighted by Gasteiger charge is 2.53. The third-order valence-corrected chi connectivity index (χ3v) is 5.66. The number of ether oxygens (including phenoxy) is 1. The van der Waals surface area contributed by atoms with E-state index in [1.54, 1.807) is 0 Å². The van der Waals surface area contributed by atoms with Crippen LogP contribution in [0.5, 0.6) is 0 Å². The summed E-state index contributed by atoms with van der Waals surface area (Å²) in [5.74, 6) is 1.16. The lowest BCUT2D eigenvalue weighted by atomic mass is 9.72. The van der Waals surface area contributed by atoms with Crippen molar-refractivity contribution in [3.8, 4) is 0 Å². The molecule has 126 valence electrons. The van der Waals surface area contributed by atoms with E-state index in [1.165, 1.54) is 0 Å². The average molecular weight is 309 g/mol. The monoisotopic (exact) mass is 309 g/mol. The van der Waals surface area contributed by atoms with Crippen molar-refractivity contribution >= 4 is 6.03 Å². The molecular formula is C17H31N3O2.